The van der Waals surface area contributed by atoms with Gasteiger partial charge in [-0.2, -0.15) is 0 Å². The maximum atomic E-state index is 11.4. The number of hydrogen-bond acceptors (Lipinski definition) is 2. The smallest absolute Gasteiger partial charge is 0.310 e. The van der Waals surface area contributed by atoms with E-state index in [1.165, 1.54) is 0 Å². The monoisotopic (exact) mass is 278 g/mol. The van der Waals surface area contributed by atoms with Gasteiger partial charge in [0.25, 0.3) is 0 Å². The van der Waals surface area contributed by atoms with Crippen LogP contribution in [0.3, 0.4) is 0 Å². The zero-order valence-electron chi connectivity index (χ0n) is 13.5. The van der Waals surface area contributed by atoms with Crippen LogP contribution in [0.4, 0.5) is 0 Å². The average Bonchev–Trinajstić information content (AvgIpc) is 2.23. The number of aromatic hydroxyl groups is 1. The molecule has 0 bridgehead atoms. The van der Waals surface area contributed by atoms with Crippen molar-refractivity contribution in [2.24, 2.45) is 0 Å². The molecular weight excluding hydrogens is 252 g/mol. The molecule has 0 aromatic heterocycles. The Kier molecular flexibility index (Phi) is 4.23. The molecule has 1 aromatic rings. The number of carbonyl (C=O) groups is 1. The van der Waals surface area contributed by atoms with Crippen molar-refractivity contribution in [3.63, 3.8) is 0 Å². The largest absolute Gasteiger partial charge is 0.508 e. The molecule has 0 saturated heterocycles. The third kappa shape index (κ3) is 3.33. The Balaban J connectivity index is 3.75. The van der Waals surface area contributed by atoms with Crippen molar-refractivity contribution in [3.05, 3.63) is 28.8 Å². The van der Waals surface area contributed by atoms with Gasteiger partial charge in [0.15, 0.2) is 0 Å². The molecule has 112 valence electrons. The summed E-state index contributed by atoms with van der Waals surface area (Å²) in [4.78, 5) is 11.4. The first-order chi connectivity index (χ1) is 8.85. The molecule has 0 radical (unpaired) electrons. The fraction of sp³-hybridized carbons (Fsp3) is 0.588. The van der Waals surface area contributed by atoms with Crippen molar-refractivity contribution < 1.29 is 15.0 Å². The highest BCUT2D eigenvalue weighted by molar-refractivity contribution is 5.77. The zero-order chi connectivity index (χ0) is 15.9. The van der Waals surface area contributed by atoms with Gasteiger partial charge in [-0.3, -0.25) is 4.79 Å². The topological polar surface area (TPSA) is 57.5 Å². The van der Waals surface area contributed by atoms with Gasteiger partial charge in [-0.25, -0.2) is 0 Å². The van der Waals surface area contributed by atoms with E-state index in [9.17, 15) is 15.0 Å². The van der Waals surface area contributed by atoms with Crippen LogP contribution in [-0.4, -0.2) is 16.2 Å². The van der Waals surface area contributed by atoms with Gasteiger partial charge < -0.3 is 10.2 Å². The summed E-state index contributed by atoms with van der Waals surface area (Å²) in [6.45, 7) is 14.1. The highest BCUT2D eigenvalue weighted by Gasteiger charge is 2.31. The number of carboxylic acids is 1. The second kappa shape index (κ2) is 5.12. The molecule has 3 nitrogen and oxygen atoms in total. The van der Waals surface area contributed by atoms with Gasteiger partial charge in [0.1, 0.15) is 5.75 Å². The predicted molar refractivity (Wildman–Crippen MR) is 81.6 cm³/mol. The van der Waals surface area contributed by atoms with Crippen LogP contribution in [0.15, 0.2) is 12.1 Å². The highest BCUT2D eigenvalue weighted by atomic mass is 16.4. The molecule has 3 heteroatoms. The van der Waals surface area contributed by atoms with Crippen LogP contribution in [0.25, 0.3) is 0 Å². The molecule has 0 aliphatic heterocycles. The molecule has 1 atom stereocenters. The second-order valence-corrected chi connectivity index (χ2v) is 7.52. The van der Waals surface area contributed by atoms with Gasteiger partial charge >= 0.3 is 5.97 Å². The van der Waals surface area contributed by atoms with Crippen LogP contribution in [0, 0.1) is 0 Å². The van der Waals surface area contributed by atoms with Crippen molar-refractivity contribution in [3.8, 4) is 5.75 Å². The summed E-state index contributed by atoms with van der Waals surface area (Å²) in [7, 11) is 0. The van der Waals surface area contributed by atoms with Crippen LogP contribution < -0.4 is 0 Å². The third-order valence-corrected chi connectivity index (χ3v) is 3.55. The molecule has 0 saturated carbocycles. The van der Waals surface area contributed by atoms with Crippen molar-refractivity contribution >= 4 is 5.97 Å². The number of phenolic OH excluding ortho intramolecular Hbond substituents is 1. The van der Waals surface area contributed by atoms with Crippen LogP contribution in [0.1, 0.15) is 71.1 Å². The molecule has 0 spiro atoms. The summed E-state index contributed by atoms with van der Waals surface area (Å²) >= 11 is 0. The molecule has 0 aliphatic carbocycles. The summed E-state index contributed by atoms with van der Waals surface area (Å²) in [6.07, 6.45) is 0. The van der Waals surface area contributed by atoms with E-state index in [1.807, 2.05) is 0 Å². The van der Waals surface area contributed by atoms with Gasteiger partial charge in [-0.1, -0.05) is 41.5 Å². The van der Waals surface area contributed by atoms with Crippen LogP contribution in [-0.2, 0) is 15.6 Å². The summed E-state index contributed by atoms with van der Waals surface area (Å²) in [6, 6.07) is 3.35. The molecule has 0 aliphatic rings. The summed E-state index contributed by atoms with van der Waals surface area (Å²) in [5.74, 6) is -1.38. The Morgan fingerprint density at radius 1 is 1.05 bits per heavy atom. The predicted octanol–water partition coefficient (Wildman–Crippen LogP) is 4.18. The van der Waals surface area contributed by atoms with E-state index in [1.54, 1.807) is 19.1 Å². The zero-order valence-corrected chi connectivity index (χ0v) is 13.5. The average molecular weight is 278 g/mol. The van der Waals surface area contributed by atoms with E-state index in [0.29, 0.717) is 5.56 Å². The first kappa shape index (κ1) is 16.5. The summed E-state index contributed by atoms with van der Waals surface area (Å²) in [5, 5.41) is 19.3. The molecule has 1 unspecified atom stereocenters. The van der Waals surface area contributed by atoms with Gasteiger partial charge in [-0.05, 0) is 46.6 Å². The molecule has 2 N–H and O–H groups in total. The first-order valence-corrected chi connectivity index (χ1v) is 6.96. The Labute approximate surface area is 121 Å². The Morgan fingerprint density at radius 2 is 1.55 bits per heavy atom. The van der Waals surface area contributed by atoms with Gasteiger partial charge in [0.2, 0.25) is 0 Å². The second-order valence-electron chi connectivity index (χ2n) is 7.52. The summed E-state index contributed by atoms with van der Waals surface area (Å²) in [5.41, 5.74) is 2.39. The van der Waals surface area contributed by atoms with E-state index in [4.69, 9.17) is 0 Å². The molecule has 20 heavy (non-hydrogen) atoms. The molecular formula is C17H26O3. The number of benzene rings is 1. The Bertz CT molecular complexity index is 516. The maximum absolute atomic E-state index is 11.4. The van der Waals surface area contributed by atoms with Crippen molar-refractivity contribution in [2.75, 3.05) is 0 Å². The van der Waals surface area contributed by atoms with E-state index in [-0.39, 0.29) is 16.6 Å². The van der Waals surface area contributed by atoms with Gasteiger partial charge in [0, 0.05) is 0 Å². The highest BCUT2D eigenvalue weighted by Crippen LogP contribution is 2.41. The molecule has 1 rings (SSSR count). The lowest BCUT2D eigenvalue weighted by Gasteiger charge is -2.33. The van der Waals surface area contributed by atoms with Gasteiger partial charge in [-0.15, -0.1) is 0 Å². The minimum atomic E-state index is -0.874. The maximum Gasteiger partial charge on any atom is 0.310 e. The SMILES string of the molecule is CC(C(=O)O)c1cc(O)cc(C(C)(C)C)c1C(C)(C)C. The minimum absolute atomic E-state index is 0.131. The van der Waals surface area contributed by atoms with Crippen LogP contribution in [0.2, 0.25) is 0 Å². The minimum Gasteiger partial charge on any atom is -0.508 e. The van der Waals surface area contributed by atoms with E-state index in [2.05, 4.69) is 41.5 Å². The lowest BCUT2D eigenvalue weighted by Crippen LogP contribution is -2.25. The fourth-order valence-corrected chi connectivity index (χ4v) is 2.55. The first-order valence-electron chi connectivity index (χ1n) is 6.96. The van der Waals surface area contributed by atoms with E-state index >= 15 is 0 Å². The standard InChI is InChI=1S/C17H26O3/c1-10(15(19)20)12-8-11(18)9-13(16(2,3)4)14(12)17(5,6)7/h8-10,18H,1-7H3,(H,19,20). The third-order valence-electron chi connectivity index (χ3n) is 3.55. The summed E-state index contributed by atoms with van der Waals surface area (Å²) < 4.78 is 0. The van der Waals surface area contributed by atoms with Gasteiger partial charge in [0.05, 0.1) is 5.92 Å². The Morgan fingerprint density at radius 3 is 1.90 bits per heavy atom. The van der Waals surface area contributed by atoms with Crippen molar-refractivity contribution in [1.82, 2.24) is 0 Å². The molecule has 1 aromatic carbocycles. The number of rotatable bonds is 2. The quantitative estimate of drug-likeness (QED) is 0.853. The molecule has 0 fully saturated rings. The number of phenols is 1. The van der Waals surface area contributed by atoms with Crippen molar-refractivity contribution in [2.45, 2.75) is 65.2 Å². The van der Waals surface area contributed by atoms with E-state index in [0.717, 1.165) is 11.1 Å². The van der Waals surface area contributed by atoms with Crippen molar-refractivity contribution in [1.29, 1.82) is 0 Å². The lowest BCUT2D eigenvalue weighted by molar-refractivity contribution is -0.138. The number of aliphatic carboxylic acids is 1. The molecule has 0 amide bonds. The number of hydrogen-bond donors (Lipinski definition) is 2. The normalized spacial score (nSPS) is 14.2. The molecule has 0 heterocycles. The fourth-order valence-electron chi connectivity index (χ4n) is 2.55. The van der Waals surface area contributed by atoms with Crippen LogP contribution in [0.5, 0.6) is 5.75 Å². The Hall–Kier alpha value is -1.51. The van der Waals surface area contributed by atoms with Crippen LogP contribution >= 0.6 is 0 Å². The number of carboxylic acid groups (broad SMARTS) is 1. The lowest BCUT2D eigenvalue weighted by atomic mass is 9.71. The van der Waals surface area contributed by atoms with E-state index < -0.39 is 11.9 Å².